The Kier molecular flexibility index (Phi) is 3.83. The summed E-state index contributed by atoms with van der Waals surface area (Å²) in [5.41, 5.74) is 2.13. The fourth-order valence-corrected chi connectivity index (χ4v) is 3.77. The van der Waals surface area contributed by atoms with Crippen molar-refractivity contribution in [3.8, 4) is 6.01 Å². The number of para-hydroxylation sites is 1. The van der Waals surface area contributed by atoms with Crippen molar-refractivity contribution in [2.24, 2.45) is 0 Å². The molecule has 6 heteroatoms. The summed E-state index contributed by atoms with van der Waals surface area (Å²) in [6.45, 7) is 3.88. The Hall–Kier alpha value is -2.21. The molecule has 0 spiro atoms. The first-order valence-electron chi connectivity index (χ1n) is 7.84. The van der Waals surface area contributed by atoms with Gasteiger partial charge in [0.15, 0.2) is 5.13 Å². The average Bonchev–Trinajstić information content (AvgIpc) is 3.02. The highest BCUT2D eigenvalue weighted by Crippen LogP contribution is 2.30. The Labute approximate surface area is 139 Å². The third kappa shape index (κ3) is 3.12. The largest absolute Gasteiger partial charge is 0.460 e. The molecule has 3 aromatic rings. The Bertz CT molecular complexity index is 761. The number of nitrogens with zero attached hydrogens (tertiary/aromatic N) is 4. The van der Waals surface area contributed by atoms with E-state index in [0.717, 1.165) is 42.1 Å². The molecule has 0 amide bonds. The first-order chi connectivity index (χ1) is 11.3. The maximum absolute atomic E-state index is 5.89. The lowest BCUT2D eigenvalue weighted by molar-refractivity contribution is 0.156. The zero-order valence-corrected chi connectivity index (χ0v) is 13.8. The number of hydrogen-bond acceptors (Lipinski definition) is 6. The fourth-order valence-electron chi connectivity index (χ4n) is 2.75. The molecule has 0 unspecified atom stereocenters. The number of thiazole rings is 1. The van der Waals surface area contributed by atoms with Crippen LogP contribution in [0.2, 0.25) is 0 Å². The van der Waals surface area contributed by atoms with Crippen LogP contribution in [-0.4, -0.2) is 34.1 Å². The SMILES string of the molecule is Cc1cnc(OC2CCN(c3nc4ccccc4s3)CC2)nc1. The smallest absolute Gasteiger partial charge is 0.316 e. The van der Waals surface area contributed by atoms with Gasteiger partial charge in [0.1, 0.15) is 6.10 Å². The first-order valence-corrected chi connectivity index (χ1v) is 8.65. The summed E-state index contributed by atoms with van der Waals surface area (Å²) in [7, 11) is 0. The van der Waals surface area contributed by atoms with E-state index in [0.29, 0.717) is 6.01 Å². The second-order valence-electron chi connectivity index (χ2n) is 5.81. The minimum atomic E-state index is 0.184. The highest BCUT2D eigenvalue weighted by Gasteiger charge is 2.23. The van der Waals surface area contributed by atoms with Gasteiger partial charge in [-0.3, -0.25) is 0 Å². The lowest BCUT2D eigenvalue weighted by Gasteiger charge is -2.31. The summed E-state index contributed by atoms with van der Waals surface area (Å²) >= 11 is 1.76. The summed E-state index contributed by atoms with van der Waals surface area (Å²) in [5.74, 6) is 0. The Morgan fingerprint density at radius 3 is 2.61 bits per heavy atom. The molecule has 3 heterocycles. The molecule has 0 atom stereocenters. The van der Waals surface area contributed by atoms with Gasteiger partial charge < -0.3 is 9.64 Å². The van der Waals surface area contributed by atoms with Crippen LogP contribution in [0.15, 0.2) is 36.7 Å². The van der Waals surface area contributed by atoms with E-state index < -0.39 is 0 Å². The van der Waals surface area contributed by atoms with Gasteiger partial charge in [-0.2, -0.15) is 0 Å². The van der Waals surface area contributed by atoms with E-state index >= 15 is 0 Å². The number of ether oxygens (including phenoxy) is 1. The quantitative estimate of drug-likeness (QED) is 0.738. The summed E-state index contributed by atoms with van der Waals surface area (Å²) in [6, 6.07) is 8.77. The van der Waals surface area contributed by atoms with E-state index in [1.807, 2.05) is 13.0 Å². The second kappa shape index (κ2) is 6.12. The molecule has 0 aliphatic carbocycles. The molecule has 2 aromatic heterocycles. The molecule has 0 saturated carbocycles. The van der Waals surface area contributed by atoms with Crippen molar-refractivity contribution in [3.63, 3.8) is 0 Å². The zero-order chi connectivity index (χ0) is 15.6. The normalized spacial score (nSPS) is 16.0. The molecular weight excluding hydrogens is 308 g/mol. The maximum atomic E-state index is 5.89. The summed E-state index contributed by atoms with van der Waals surface area (Å²) in [6.07, 6.45) is 5.70. The van der Waals surface area contributed by atoms with Crippen molar-refractivity contribution in [2.75, 3.05) is 18.0 Å². The molecular formula is C17H18N4OS. The summed E-state index contributed by atoms with van der Waals surface area (Å²) in [4.78, 5) is 15.5. The van der Waals surface area contributed by atoms with Crippen molar-refractivity contribution in [3.05, 3.63) is 42.2 Å². The Morgan fingerprint density at radius 1 is 1.13 bits per heavy atom. The maximum Gasteiger partial charge on any atom is 0.316 e. The standard InChI is InChI=1S/C17H18N4OS/c1-12-10-18-16(19-11-12)22-13-6-8-21(9-7-13)17-20-14-4-2-3-5-15(14)23-17/h2-5,10-11,13H,6-9H2,1H3. The number of benzene rings is 1. The zero-order valence-electron chi connectivity index (χ0n) is 13.0. The predicted octanol–water partition coefficient (Wildman–Crippen LogP) is 3.44. The van der Waals surface area contributed by atoms with Gasteiger partial charge in [-0.1, -0.05) is 23.5 Å². The number of hydrogen-bond donors (Lipinski definition) is 0. The third-order valence-electron chi connectivity index (χ3n) is 4.02. The van der Waals surface area contributed by atoms with E-state index in [2.05, 4.69) is 33.1 Å². The number of aromatic nitrogens is 3. The first kappa shape index (κ1) is 14.4. The topological polar surface area (TPSA) is 51.1 Å². The summed E-state index contributed by atoms with van der Waals surface area (Å²) < 4.78 is 7.13. The van der Waals surface area contributed by atoms with Gasteiger partial charge in [0, 0.05) is 38.3 Å². The van der Waals surface area contributed by atoms with Crippen LogP contribution in [-0.2, 0) is 0 Å². The van der Waals surface area contributed by atoms with Crippen LogP contribution in [0.25, 0.3) is 10.2 Å². The van der Waals surface area contributed by atoms with Gasteiger partial charge >= 0.3 is 6.01 Å². The van der Waals surface area contributed by atoms with Gasteiger partial charge in [-0.05, 0) is 24.6 Å². The highest BCUT2D eigenvalue weighted by molar-refractivity contribution is 7.22. The molecule has 1 aliphatic rings. The van der Waals surface area contributed by atoms with Crippen LogP contribution in [0.5, 0.6) is 6.01 Å². The van der Waals surface area contributed by atoms with Crippen molar-refractivity contribution in [1.29, 1.82) is 0 Å². The van der Waals surface area contributed by atoms with Crippen LogP contribution < -0.4 is 9.64 Å². The lowest BCUT2D eigenvalue weighted by Crippen LogP contribution is -2.38. The van der Waals surface area contributed by atoms with Gasteiger partial charge in [-0.25, -0.2) is 15.0 Å². The van der Waals surface area contributed by atoms with Crippen LogP contribution in [0.3, 0.4) is 0 Å². The minimum Gasteiger partial charge on any atom is -0.460 e. The predicted molar refractivity (Wildman–Crippen MR) is 92.3 cm³/mol. The molecule has 4 rings (SSSR count). The van der Waals surface area contributed by atoms with Crippen LogP contribution in [0, 0.1) is 6.92 Å². The van der Waals surface area contributed by atoms with Gasteiger partial charge in [0.2, 0.25) is 0 Å². The van der Waals surface area contributed by atoms with E-state index in [4.69, 9.17) is 9.72 Å². The van der Waals surface area contributed by atoms with E-state index in [9.17, 15) is 0 Å². The van der Waals surface area contributed by atoms with Crippen LogP contribution in [0.4, 0.5) is 5.13 Å². The Morgan fingerprint density at radius 2 is 1.87 bits per heavy atom. The molecule has 118 valence electrons. The van der Waals surface area contributed by atoms with E-state index in [1.165, 1.54) is 4.70 Å². The molecule has 0 bridgehead atoms. The number of piperidine rings is 1. The Balaban J connectivity index is 1.39. The van der Waals surface area contributed by atoms with Crippen molar-refractivity contribution in [2.45, 2.75) is 25.9 Å². The molecule has 1 aromatic carbocycles. The summed E-state index contributed by atoms with van der Waals surface area (Å²) in [5, 5.41) is 1.11. The van der Waals surface area contributed by atoms with Crippen LogP contribution >= 0.6 is 11.3 Å². The highest BCUT2D eigenvalue weighted by atomic mass is 32.1. The minimum absolute atomic E-state index is 0.184. The van der Waals surface area contributed by atoms with E-state index in [-0.39, 0.29) is 6.10 Å². The van der Waals surface area contributed by atoms with E-state index in [1.54, 1.807) is 23.7 Å². The van der Waals surface area contributed by atoms with Crippen LogP contribution in [0.1, 0.15) is 18.4 Å². The molecule has 0 N–H and O–H groups in total. The number of aryl methyl sites for hydroxylation is 1. The average molecular weight is 326 g/mol. The number of fused-ring (bicyclic) bond motifs is 1. The van der Waals surface area contributed by atoms with Gasteiger partial charge in [0.05, 0.1) is 10.2 Å². The fraction of sp³-hybridized carbons (Fsp3) is 0.353. The molecule has 1 saturated heterocycles. The molecule has 23 heavy (non-hydrogen) atoms. The number of rotatable bonds is 3. The van der Waals surface area contributed by atoms with Crippen molar-refractivity contribution >= 4 is 26.7 Å². The number of anilines is 1. The van der Waals surface area contributed by atoms with Crippen molar-refractivity contribution in [1.82, 2.24) is 15.0 Å². The molecule has 0 radical (unpaired) electrons. The monoisotopic (exact) mass is 326 g/mol. The van der Waals surface area contributed by atoms with Gasteiger partial charge in [-0.15, -0.1) is 0 Å². The van der Waals surface area contributed by atoms with Gasteiger partial charge in [0.25, 0.3) is 0 Å². The van der Waals surface area contributed by atoms with Crippen molar-refractivity contribution < 1.29 is 4.74 Å². The molecule has 5 nitrogen and oxygen atoms in total. The second-order valence-corrected chi connectivity index (χ2v) is 6.82. The molecule has 1 fully saturated rings. The third-order valence-corrected chi connectivity index (χ3v) is 5.12. The lowest BCUT2D eigenvalue weighted by atomic mass is 10.1. The molecule has 1 aliphatic heterocycles.